The molecule has 1 heterocycles. The monoisotopic (exact) mass is 355 g/mol. The molecule has 2 aromatic rings. The van der Waals surface area contributed by atoms with Crippen LogP contribution in [0.2, 0.25) is 0 Å². The summed E-state index contributed by atoms with van der Waals surface area (Å²) >= 11 is 3.32. The lowest BCUT2D eigenvalue weighted by atomic mass is 10.2. The van der Waals surface area contributed by atoms with Crippen molar-refractivity contribution in [2.75, 3.05) is 10.5 Å². The van der Waals surface area contributed by atoms with Gasteiger partial charge in [0.25, 0.3) is 10.0 Å². The molecule has 0 saturated heterocycles. The van der Waals surface area contributed by atoms with Crippen LogP contribution < -0.4 is 10.5 Å². The fraction of sp³-hybridized carbons (Fsp3) is 0.154. The minimum Gasteiger partial charge on any atom is -0.398 e. The van der Waals surface area contributed by atoms with Gasteiger partial charge in [-0.05, 0) is 59.1 Å². The summed E-state index contributed by atoms with van der Waals surface area (Å²) in [6.07, 6.45) is 1.55. The van der Waals surface area contributed by atoms with E-state index in [1.54, 1.807) is 18.3 Å². The Bertz CT molecular complexity index is 760. The van der Waals surface area contributed by atoms with Crippen LogP contribution >= 0.6 is 15.9 Å². The lowest BCUT2D eigenvalue weighted by molar-refractivity contribution is 0.601. The number of sulfonamides is 1. The summed E-state index contributed by atoms with van der Waals surface area (Å²) in [6.45, 7) is 3.67. The van der Waals surface area contributed by atoms with E-state index >= 15 is 0 Å². The number of anilines is 2. The van der Waals surface area contributed by atoms with E-state index in [9.17, 15) is 8.42 Å². The van der Waals surface area contributed by atoms with E-state index < -0.39 is 10.0 Å². The van der Waals surface area contributed by atoms with Crippen molar-refractivity contribution in [2.45, 2.75) is 18.7 Å². The molecule has 0 unspecified atom stereocenters. The lowest BCUT2D eigenvalue weighted by Crippen LogP contribution is -2.14. The Kier molecular flexibility index (Phi) is 4.01. The molecule has 7 heteroatoms. The molecular weight excluding hydrogens is 342 g/mol. The van der Waals surface area contributed by atoms with Gasteiger partial charge in [0.05, 0.1) is 4.90 Å². The minimum atomic E-state index is -3.69. The minimum absolute atomic E-state index is 0.114. The molecule has 0 fully saturated rings. The second-order valence-electron chi connectivity index (χ2n) is 4.44. The van der Waals surface area contributed by atoms with E-state index in [0.29, 0.717) is 5.69 Å². The van der Waals surface area contributed by atoms with Gasteiger partial charge in [-0.2, -0.15) is 0 Å². The molecule has 20 heavy (non-hydrogen) atoms. The topological polar surface area (TPSA) is 85.1 Å². The number of nitrogens with zero attached hydrogens (tertiary/aromatic N) is 1. The molecule has 3 N–H and O–H groups in total. The van der Waals surface area contributed by atoms with E-state index in [2.05, 4.69) is 25.6 Å². The van der Waals surface area contributed by atoms with Crippen LogP contribution in [0.25, 0.3) is 0 Å². The molecule has 0 aliphatic heterocycles. The number of benzene rings is 1. The number of hydrogen-bond acceptors (Lipinski definition) is 4. The molecule has 0 spiro atoms. The van der Waals surface area contributed by atoms with Crippen LogP contribution in [0.3, 0.4) is 0 Å². The van der Waals surface area contributed by atoms with Crippen LogP contribution in [0, 0.1) is 13.8 Å². The maximum Gasteiger partial charge on any atom is 0.263 e. The van der Waals surface area contributed by atoms with Gasteiger partial charge in [0.2, 0.25) is 0 Å². The first-order valence-corrected chi connectivity index (χ1v) is 8.08. The quantitative estimate of drug-likeness (QED) is 0.829. The molecule has 0 saturated carbocycles. The number of aryl methyl sites for hydroxylation is 2. The van der Waals surface area contributed by atoms with Crippen molar-refractivity contribution < 1.29 is 8.42 Å². The Morgan fingerprint density at radius 3 is 2.50 bits per heavy atom. The maximum atomic E-state index is 12.2. The number of pyridine rings is 1. The number of nitrogens with two attached hydrogens (primary N) is 1. The standard InChI is InChI=1S/C13H14BrN3O2S/c1-8-3-4-10(6-12(8)15)20(18,19)17-13-5-9(2)11(14)7-16-13/h3-7H,15H2,1-2H3,(H,16,17). The Morgan fingerprint density at radius 2 is 1.90 bits per heavy atom. The van der Waals surface area contributed by atoms with Gasteiger partial charge in [0.1, 0.15) is 5.82 Å². The first-order chi connectivity index (χ1) is 9.29. The Morgan fingerprint density at radius 1 is 1.20 bits per heavy atom. The lowest BCUT2D eigenvalue weighted by Gasteiger charge is -2.10. The molecule has 0 amide bonds. The Hall–Kier alpha value is -1.60. The van der Waals surface area contributed by atoms with E-state index in [0.717, 1.165) is 15.6 Å². The molecule has 0 aliphatic rings. The van der Waals surface area contributed by atoms with Crippen LogP contribution in [-0.4, -0.2) is 13.4 Å². The third kappa shape index (κ3) is 3.10. The van der Waals surface area contributed by atoms with Crippen LogP contribution in [0.15, 0.2) is 39.8 Å². The predicted molar refractivity (Wildman–Crippen MR) is 83.1 cm³/mol. The highest BCUT2D eigenvalue weighted by Crippen LogP contribution is 2.22. The van der Waals surface area contributed by atoms with Gasteiger partial charge in [-0.25, -0.2) is 13.4 Å². The number of aromatic nitrogens is 1. The zero-order chi connectivity index (χ0) is 14.9. The van der Waals surface area contributed by atoms with Crippen molar-refractivity contribution in [3.05, 3.63) is 46.1 Å². The van der Waals surface area contributed by atoms with Crippen molar-refractivity contribution in [1.29, 1.82) is 0 Å². The summed E-state index contributed by atoms with van der Waals surface area (Å²) in [5.74, 6) is 0.268. The molecule has 1 aromatic carbocycles. The second-order valence-corrected chi connectivity index (χ2v) is 6.98. The number of nitrogens with one attached hydrogen (secondary N) is 1. The van der Waals surface area contributed by atoms with Gasteiger partial charge < -0.3 is 5.73 Å². The summed E-state index contributed by atoms with van der Waals surface area (Å²) in [4.78, 5) is 4.14. The number of rotatable bonds is 3. The maximum absolute atomic E-state index is 12.2. The molecule has 2 rings (SSSR count). The molecule has 0 bridgehead atoms. The smallest absolute Gasteiger partial charge is 0.263 e. The number of halogens is 1. The highest BCUT2D eigenvalue weighted by molar-refractivity contribution is 9.10. The van der Waals surface area contributed by atoms with Crippen molar-refractivity contribution >= 4 is 37.5 Å². The third-order valence-electron chi connectivity index (χ3n) is 2.85. The van der Waals surface area contributed by atoms with Gasteiger partial charge in [0.15, 0.2) is 0 Å². The summed E-state index contributed by atoms with van der Waals surface area (Å²) in [6, 6.07) is 6.27. The van der Waals surface area contributed by atoms with E-state index in [1.165, 1.54) is 12.1 Å². The zero-order valence-electron chi connectivity index (χ0n) is 11.0. The molecule has 0 atom stereocenters. The van der Waals surface area contributed by atoms with Gasteiger partial charge in [-0.3, -0.25) is 4.72 Å². The normalized spacial score (nSPS) is 11.3. The average Bonchev–Trinajstić information content (AvgIpc) is 2.37. The summed E-state index contributed by atoms with van der Waals surface area (Å²) in [5.41, 5.74) is 7.90. The largest absolute Gasteiger partial charge is 0.398 e. The van der Waals surface area contributed by atoms with Crippen LogP contribution in [0.1, 0.15) is 11.1 Å². The van der Waals surface area contributed by atoms with E-state index in [1.807, 2.05) is 13.8 Å². The summed E-state index contributed by atoms with van der Waals surface area (Å²) in [5, 5.41) is 0. The predicted octanol–water partition coefficient (Wildman–Crippen LogP) is 2.84. The Labute approximate surface area is 126 Å². The number of hydrogen-bond donors (Lipinski definition) is 2. The van der Waals surface area contributed by atoms with Crippen molar-refractivity contribution in [3.8, 4) is 0 Å². The van der Waals surface area contributed by atoms with Gasteiger partial charge in [-0.1, -0.05) is 6.07 Å². The molecule has 0 aliphatic carbocycles. The van der Waals surface area contributed by atoms with Crippen LogP contribution in [-0.2, 0) is 10.0 Å². The van der Waals surface area contributed by atoms with E-state index in [4.69, 9.17) is 5.73 Å². The van der Waals surface area contributed by atoms with Crippen LogP contribution in [0.4, 0.5) is 11.5 Å². The summed E-state index contributed by atoms with van der Waals surface area (Å²) < 4.78 is 27.7. The van der Waals surface area contributed by atoms with Crippen molar-refractivity contribution in [3.63, 3.8) is 0 Å². The van der Waals surface area contributed by atoms with Gasteiger partial charge in [0, 0.05) is 16.4 Å². The van der Waals surface area contributed by atoms with Crippen molar-refractivity contribution in [1.82, 2.24) is 4.98 Å². The third-order valence-corrected chi connectivity index (χ3v) is 5.03. The van der Waals surface area contributed by atoms with Crippen molar-refractivity contribution in [2.24, 2.45) is 0 Å². The highest BCUT2D eigenvalue weighted by atomic mass is 79.9. The molecule has 1 aromatic heterocycles. The SMILES string of the molecule is Cc1ccc(S(=O)(=O)Nc2cc(C)c(Br)cn2)cc1N. The number of nitrogen functional groups attached to an aromatic ring is 1. The highest BCUT2D eigenvalue weighted by Gasteiger charge is 2.16. The fourth-order valence-electron chi connectivity index (χ4n) is 1.58. The zero-order valence-corrected chi connectivity index (χ0v) is 13.4. The fourth-order valence-corrected chi connectivity index (χ4v) is 2.83. The Balaban J connectivity index is 2.35. The first kappa shape index (κ1) is 14.8. The molecular formula is C13H14BrN3O2S. The first-order valence-electron chi connectivity index (χ1n) is 5.81. The molecule has 5 nitrogen and oxygen atoms in total. The van der Waals surface area contributed by atoms with E-state index in [-0.39, 0.29) is 10.7 Å². The molecule has 106 valence electrons. The second kappa shape index (κ2) is 5.41. The van der Waals surface area contributed by atoms with Gasteiger partial charge in [-0.15, -0.1) is 0 Å². The summed E-state index contributed by atoms with van der Waals surface area (Å²) in [7, 11) is -3.69. The molecule has 0 radical (unpaired) electrons. The van der Waals surface area contributed by atoms with Crippen LogP contribution in [0.5, 0.6) is 0 Å². The average molecular weight is 356 g/mol. The van der Waals surface area contributed by atoms with Gasteiger partial charge >= 0.3 is 0 Å².